The third kappa shape index (κ3) is 4.88. The van der Waals surface area contributed by atoms with E-state index in [1.165, 1.54) is 0 Å². The smallest absolute Gasteiger partial charge is 0.139 e. The van der Waals surface area contributed by atoms with Crippen molar-refractivity contribution in [3.05, 3.63) is 35.6 Å². The van der Waals surface area contributed by atoms with Gasteiger partial charge in [-0.15, -0.1) is 0 Å². The summed E-state index contributed by atoms with van der Waals surface area (Å²) in [4.78, 5) is 0. The maximum absolute atomic E-state index is 5.93. The van der Waals surface area contributed by atoms with Gasteiger partial charge in [-0.1, -0.05) is 37.3 Å². The number of anilines is 1. The second kappa shape index (κ2) is 6.64. The molecule has 0 unspecified atom stereocenters. The Kier molecular flexibility index (Phi) is 5.08. The number of rotatable bonds is 6. The van der Waals surface area contributed by atoms with E-state index in [1.54, 1.807) is 10.7 Å². The molecule has 2 aromatic rings. The lowest BCUT2D eigenvalue weighted by atomic mass is 10.1. The quantitative estimate of drug-likeness (QED) is 0.494. The highest BCUT2D eigenvalue weighted by Crippen LogP contribution is 2.26. The van der Waals surface area contributed by atoms with E-state index in [0.29, 0.717) is 17.4 Å². The zero-order chi connectivity index (χ0) is 15.5. The highest BCUT2D eigenvalue weighted by atomic mass is 35.5. The summed E-state index contributed by atoms with van der Waals surface area (Å²) >= 11 is 5.93. The van der Waals surface area contributed by atoms with Crippen molar-refractivity contribution >= 4 is 25.4 Å². The summed E-state index contributed by atoms with van der Waals surface area (Å²) in [7, 11) is -1.04. The molecule has 0 atom stereocenters. The standard InChI is InChI=1S/C15H22ClN3OSi/c1-21(2,3)7-6-20-11-19-10-13(9-18-19)12-4-5-14(16)15(17)8-12/h4-5,8-10H,6-7,11,17H2,1-3H3. The summed E-state index contributed by atoms with van der Waals surface area (Å²) < 4.78 is 7.47. The molecule has 2 rings (SSSR count). The number of halogens is 1. The molecular weight excluding hydrogens is 302 g/mol. The molecule has 0 saturated carbocycles. The van der Waals surface area contributed by atoms with Crippen LogP contribution in [0.3, 0.4) is 0 Å². The summed E-state index contributed by atoms with van der Waals surface area (Å²) in [5.74, 6) is 0. The molecule has 0 spiro atoms. The molecule has 0 fully saturated rings. The molecule has 0 aliphatic carbocycles. The van der Waals surface area contributed by atoms with Crippen LogP contribution in [0.25, 0.3) is 11.1 Å². The first-order valence-corrected chi connectivity index (χ1v) is 11.1. The Bertz CT molecular complexity index is 607. The molecule has 21 heavy (non-hydrogen) atoms. The first-order chi connectivity index (χ1) is 9.85. The van der Waals surface area contributed by atoms with Crippen molar-refractivity contribution in [3.63, 3.8) is 0 Å². The van der Waals surface area contributed by atoms with Gasteiger partial charge in [0.25, 0.3) is 0 Å². The first kappa shape index (κ1) is 16.1. The summed E-state index contributed by atoms with van der Waals surface area (Å²) in [5.41, 5.74) is 8.41. The molecule has 114 valence electrons. The van der Waals surface area contributed by atoms with Gasteiger partial charge in [0.1, 0.15) is 6.73 Å². The minimum absolute atomic E-state index is 0.480. The van der Waals surface area contributed by atoms with Crippen molar-refractivity contribution in [2.24, 2.45) is 0 Å². The van der Waals surface area contributed by atoms with Crippen LogP contribution in [0.15, 0.2) is 30.6 Å². The Hall–Kier alpha value is -1.30. The van der Waals surface area contributed by atoms with Gasteiger partial charge < -0.3 is 10.5 Å². The highest BCUT2D eigenvalue weighted by Gasteiger charge is 2.12. The lowest BCUT2D eigenvalue weighted by Crippen LogP contribution is -2.22. The number of nitrogens with zero attached hydrogens (tertiary/aromatic N) is 2. The fourth-order valence-electron chi connectivity index (χ4n) is 1.84. The minimum atomic E-state index is -1.04. The van der Waals surface area contributed by atoms with Gasteiger partial charge >= 0.3 is 0 Å². The second-order valence-corrected chi connectivity index (χ2v) is 12.4. The van der Waals surface area contributed by atoms with Crippen LogP contribution in [0.2, 0.25) is 30.7 Å². The number of benzene rings is 1. The van der Waals surface area contributed by atoms with Gasteiger partial charge in [0.15, 0.2) is 0 Å². The third-order valence-corrected chi connectivity index (χ3v) is 5.23. The van der Waals surface area contributed by atoms with Crippen molar-refractivity contribution in [1.82, 2.24) is 9.78 Å². The van der Waals surface area contributed by atoms with Crippen LogP contribution in [0, 0.1) is 0 Å². The summed E-state index contributed by atoms with van der Waals surface area (Å²) in [6.07, 6.45) is 3.77. The second-order valence-electron chi connectivity index (χ2n) is 6.35. The molecule has 0 aliphatic rings. The molecule has 0 saturated heterocycles. The molecule has 0 bridgehead atoms. The molecule has 1 aromatic heterocycles. The van der Waals surface area contributed by atoms with Gasteiger partial charge in [0.05, 0.1) is 16.9 Å². The van der Waals surface area contributed by atoms with Gasteiger partial charge in [-0.2, -0.15) is 5.10 Å². The predicted octanol–water partition coefficient (Wildman–Crippen LogP) is 4.10. The highest BCUT2D eigenvalue weighted by molar-refractivity contribution is 6.76. The van der Waals surface area contributed by atoms with E-state index in [9.17, 15) is 0 Å². The molecular formula is C15H22ClN3OSi. The Morgan fingerprint density at radius 3 is 2.71 bits per heavy atom. The number of ether oxygens (including phenoxy) is 1. The van der Waals surface area contributed by atoms with E-state index < -0.39 is 8.07 Å². The van der Waals surface area contributed by atoms with Crippen LogP contribution < -0.4 is 5.73 Å². The number of aromatic nitrogens is 2. The van der Waals surface area contributed by atoms with Crippen molar-refractivity contribution in [2.45, 2.75) is 32.4 Å². The number of nitrogen functional groups attached to an aromatic ring is 1. The number of hydrogen-bond acceptors (Lipinski definition) is 3. The molecule has 1 aromatic carbocycles. The van der Waals surface area contributed by atoms with E-state index in [1.807, 2.05) is 24.5 Å². The zero-order valence-corrected chi connectivity index (χ0v) is 14.5. The van der Waals surface area contributed by atoms with Crippen LogP contribution >= 0.6 is 11.6 Å². The number of nitrogens with two attached hydrogens (primary N) is 1. The van der Waals surface area contributed by atoms with Crippen LogP contribution in [0.4, 0.5) is 5.69 Å². The van der Waals surface area contributed by atoms with E-state index in [4.69, 9.17) is 22.1 Å². The fraction of sp³-hybridized carbons (Fsp3) is 0.400. The normalized spacial score (nSPS) is 11.8. The largest absolute Gasteiger partial charge is 0.398 e. The minimum Gasteiger partial charge on any atom is -0.398 e. The van der Waals surface area contributed by atoms with Crippen LogP contribution in [-0.2, 0) is 11.5 Å². The van der Waals surface area contributed by atoms with Crippen LogP contribution in [0.5, 0.6) is 0 Å². The number of hydrogen-bond donors (Lipinski definition) is 1. The van der Waals surface area contributed by atoms with Crippen molar-refractivity contribution in [2.75, 3.05) is 12.3 Å². The Labute approximate surface area is 131 Å². The summed E-state index contributed by atoms with van der Waals surface area (Å²) in [6, 6.07) is 6.75. The van der Waals surface area contributed by atoms with Crippen molar-refractivity contribution < 1.29 is 4.74 Å². The van der Waals surface area contributed by atoms with E-state index in [-0.39, 0.29) is 0 Å². The molecule has 0 amide bonds. The van der Waals surface area contributed by atoms with Gasteiger partial charge in [-0.3, -0.25) is 0 Å². The molecule has 0 radical (unpaired) electrons. The lowest BCUT2D eigenvalue weighted by molar-refractivity contribution is 0.0786. The van der Waals surface area contributed by atoms with Gasteiger partial charge in [-0.05, 0) is 23.7 Å². The Balaban J connectivity index is 1.93. The Morgan fingerprint density at radius 2 is 2.05 bits per heavy atom. The molecule has 0 aliphatic heterocycles. The topological polar surface area (TPSA) is 53.1 Å². The average Bonchev–Trinajstić information content (AvgIpc) is 2.86. The van der Waals surface area contributed by atoms with Gasteiger partial charge in [-0.25, -0.2) is 4.68 Å². The SMILES string of the molecule is C[Si](C)(C)CCOCn1cc(-c2ccc(Cl)c(N)c2)cn1. The molecule has 4 nitrogen and oxygen atoms in total. The maximum atomic E-state index is 5.93. The lowest BCUT2D eigenvalue weighted by Gasteiger charge is -2.15. The summed E-state index contributed by atoms with van der Waals surface area (Å²) in [5, 5.41) is 4.88. The Morgan fingerprint density at radius 1 is 1.29 bits per heavy atom. The predicted molar refractivity (Wildman–Crippen MR) is 91.2 cm³/mol. The average molecular weight is 324 g/mol. The monoisotopic (exact) mass is 323 g/mol. The molecule has 6 heteroatoms. The molecule has 1 heterocycles. The van der Waals surface area contributed by atoms with Crippen LogP contribution in [-0.4, -0.2) is 24.5 Å². The van der Waals surface area contributed by atoms with Gasteiger partial charge in [0.2, 0.25) is 0 Å². The van der Waals surface area contributed by atoms with E-state index in [2.05, 4.69) is 24.7 Å². The maximum Gasteiger partial charge on any atom is 0.139 e. The fourth-order valence-corrected chi connectivity index (χ4v) is 2.72. The van der Waals surface area contributed by atoms with Crippen LogP contribution in [0.1, 0.15) is 0 Å². The first-order valence-electron chi connectivity index (χ1n) is 7.01. The zero-order valence-electron chi connectivity index (χ0n) is 12.8. The van der Waals surface area contributed by atoms with Crippen molar-refractivity contribution in [3.8, 4) is 11.1 Å². The van der Waals surface area contributed by atoms with Crippen molar-refractivity contribution in [1.29, 1.82) is 0 Å². The summed E-state index contributed by atoms with van der Waals surface area (Å²) in [6.45, 7) is 8.29. The third-order valence-electron chi connectivity index (χ3n) is 3.18. The molecule has 2 N–H and O–H groups in total. The van der Waals surface area contributed by atoms with E-state index >= 15 is 0 Å². The van der Waals surface area contributed by atoms with E-state index in [0.717, 1.165) is 23.8 Å². The van der Waals surface area contributed by atoms with Gasteiger partial charge in [0, 0.05) is 26.4 Å².